The van der Waals surface area contributed by atoms with Gasteiger partial charge in [0.05, 0.1) is 11.1 Å². The minimum Gasteiger partial charge on any atom is -0.369 e. The number of nitrogens with zero attached hydrogens (tertiary/aromatic N) is 2. The van der Waals surface area contributed by atoms with Gasteiger partial charge < -0.3 is 11.1 Å². The molecule has 2 rings (SSSR count). The lowest BCUT2D eigenvalue weighted by atomic mass is 10.1. The Hall–Kier alpha value is -2.35. The lowest BCUT2D eigenvalue weighted by Crippen LogP contribution is -2.17. The van der Waals surface area contributed by atoms with Crippen LogP contribution in [0.2, 0.25) is 5.28 Å². The third-order valence-corrected chi connectivity index (χ3v) is 3.17. The number of nitrogens with two attached hydrogens (primary N) is 1. The number of halogens is 4. The van der Waals surface area contributed by atoms with Crippen molar-refractivity contribution in [2.75, 3.05) is 11.9 Å². The minimum atomic E-state index is -4.39. The molecule has 0 saturated carbocycles. The minimum absolute atomic E-state index is 0.0541. The zero-order chi connectivity index (χ0) is 17.0. The lowest BCUT2D eigenvalue weighted by Gasteiger charge is -2.11. The molecule has 1 aromatic heterocycles. The van der Waals surface area contributed by atoms with Crippen LogP contribution in [0.25, 0.3) is 0 Å². The highest BCUT2D eigenvalue weighted by Gasteiger charge is 2.30. The summed E-state index contributed by atoms with van der Waals surface area (Å²) in [5, 5.41) is 2.75. The van der Waals surface area contributed by atoms with Crippen molar-refractivity contribution in [2.24, 2.45) is 5.73 Å². The predicted octanol–water partition coefficient (Wildman–Crippen LogP) is 2.90. The monoisotopic (exact) mass is 344 g/mol. The molecule has 1 heterocycles. The number of carbonyl (C=O) groups is 1. The van der Waals surface area contributed by atoms with Crippen molar-refractivity contribution in [1.29, 1.82) is 0 Å². The van der Waals surface area contributed by atoms with Crippen LogP contribution in [0.4, 0.5) is 19.0 Å². The van der Waals surface area contributed by atoms with Gasteiger partial charge in [-0.05, 0) is 29.7 Å². The summed E-state index contributed by atoms with van der Waals surface area (Å²) in [7, 11) is 0. The number of aromatic nitrogens is 2. The molecule has 1 aromatic carbocycles. The predicted molar refractivity (Wildman–Crippen MR) is 79.2 cm³/mol. The highest BCUT2D eigenvalue weighted by molar-refractivity contribution is 6.28. The molecule has 5 nitrogen and oxygen atoms in total. The summed E-state index contributed by atoms with van der Waals surface area (Å²) in [4.78, 5) is 18.8. The van der Waals surface area contributed by atoms with Gasteiger partial charge in [0.25, 0.3) is 5.91 Å². The molecule has 0 unspecified atom stereocenters. The maximum Gasteiger partial charge on any atom is 0.416 e. The van der Waals surface area contributed by atoms with Gasteiger partial charge in [0.2, 0.25) is 5.28 Å². The van der Waals surface area contributed by atoms with E-state index in [1.165, 1.54) is 12.3 Å². The molecular formula is C14H12ClF3N4O. The number of amides is 1. The van der Waals surface area contributed by atoms with E-state index in [1.54, 1.807) is 6.07 Å². The third-order valence-electron chi connectivity index (χ3n) is 2.99. The van der Waals surface area contributed by atoms with E-state index in [0.29, 0.717) is 12.0 Å². The van der Waals surface area contributed by atoms with E-state index in [9.17, 15) is 18.0 Å². The first-order valence-electron chi connectivity index (χ1n) is 6.49. The van der Waals surface area contributed by atoms with Gasteiger partial charge in [-0.1, -0.05) is 18.2 Å². The van der Waals surface area contributed by atoms with Gasteiger partial charge in [0.15, 0.2) is 0 Å². The van der Waals surface area contributed by atoms with Gasteiger partial charge in [-0.3, -0.25) is 4.79 Å². The molecule has 23 heavy (non-hydrogen) atoms. The molecule has 122 valence electrons. The molecule has 0 spiro atoms. The Bertz CT molecular complexity index is 721. The molecular weight excluding hydrogens is 333 g/mol. The Morgan fingerprint density at radius 2 is 2.09 bits per heavy atom. The van der Waals surface area contributed by atoms with Crippen LogP contribution in [-0.4, -0.2) is 22.4 Å². The number of carbonyl (C=O) groups excluding carboxylic acids is 1. The van der Waals surface area contributed by atoms with E-state index in [0.717, 1.165) is 12.1 Å². The van der Waals surface area contributed by atoms with Gasteiger partial charge >= 0.3 is 6.18 Å². The van der Waals surface area contributed by atoms with Crippen molar-refractivity contribution in [3.8, 4) is 0 Å². The summed E-state index contributed by atoms with van der Waals surface area (Å²) < 4.78 is 37.9. The molecule has 0 radical (unpaired) electrons. The first-order chi connectivity index (χ1) is 10.8. The largest absolute Gasteiger partial charge is 0.416 e. The topological polar surface area (TPSA) is 80.9 Å². The maximum absolute atomic E-state index is 12.6. The Morgan fingerprint density at radius 3 is 2.74 bits per heavy atom. The quantitative estimate of drug-likeness (QED) is 0.817. The first-order valence-corrected chi connectivity index (χ1v) is 6.87. The van der Waals surface area contributed by atoms with Crippen molar-refractivity contribution in [1.82, 2.24) is 9.97 Å². The van der Waals surface area contributed by atoms with Gasteiger partial charge in [0, 0.05) is 12.7 Å². The van der Waals surface area contributed by atoms with Crippen LogP contribution in [0.3, 0.4) is 0 Å². The number of alkyl halides is 3. The Balaban J connectivity index is 2.06. The van der Waals surface area contributed by atoms with Crippen LogP contribution in [-0.2, 0) is 12.6 Å². The smallest absolute Gasteiger partial charge is 0.369 e. The van der Waals surface area contributed by atoms with E-state index >= 15 is 0 Å². The standard InChI is InChI=1S/C14H12ClF3N4O/c15-13-21-7-10(11(19)23)12(22-13)20-5-4-8-2-1-3-9(6-8)14(16,17)18/h1-3,6-7H,4-5H2,(H2,19,23)(H,20,21,22). The highest BCUT2D eigenvalue weighted by atomic mass is 35.5. The summed E-state index contributed by atoms with van der Waals surface area (Å²) in [5.74, 6) is -0.590. The Morgan fingerprint density at radius 1 is 1.35 bits per heavy atom. The molecule has 0 atom stereocenters. The second-order valence-electron chi connectivity index (χ2n) is 4.64. The Labute approximate surface area is 134 Å². The van der Waals surface area contributed by atoms with E-state index < -0.39 is 17.6 Å². The second kappa shape index (κ2) is 6.82. The summed E-state index contributed by atoms with van der Waals surface area (Å²) in [6.45, 7) is 0.245. The van der Waals surface area contributed by atoms with Gasteiger partial charge in [-0.2, -0.15) is 18.2 Å². The van der Waals surface area contributed by atoms with Crippen LogP contribution in [0.15, 0.2) is 30.5 Å². The molecule has 3 N–H and O–H groups in total. The normalized spacial score (nSPS) is 11.3. The number of hydrogen-bond acceptors (Lipinski definition) is 4. The number of anilines is 1. The van der Waals surface area contributed by atoms with Crippen molar-refractivity contribution in [3.05, 3.63) is 52.4 Å². The molecule has 0 aliphatic rings. The number of nitrogens with one attached hydrogen (secondary N) is 1. The van der Waals surface area contributed by atoms with Crippen molar-refractivity contribution >= 4 is 23.3 Å². The van der Waals surface area contributed by atoms with Gasteiger partial charge in [0.1, 0.15) is 5.82 Å². The zero-order valence-electron chi connectivity index (χ0n) is 11.7. The number of benzene rings is 1. The molecule has 0 aliphatic heterocycles. The third kappa shape index (κ3) is 4.56. The molecule has 1 amide bonds. The number of rotatable bonds is 5. The lowest BCUT2D eigenvalue weighted by molar-refractivity contribution is -0.137. The maximum atomic E-state index is 12.6. The average molecular weight is 345 g/mol. The van der Waals surface area contributed by atoms with Crippen LogP contribution >= 0.6 is 11.6 Å². The van der Waals surface area contributed by atoms with Crippen LogP contribution < -0.4 is 11.1 Å². The van der Waals surface area contributed by atoms with Gasteiger partial charge in [-0.25, -0.2) is 4.98 Å². The highest BCUT2D eigenvalue weighted by Crippen LogP contribution is 2.29. The molecule has 0 aliphatic carbocycles. The van der Waals surface area contributed by atoms with E-state index in [1.807, 2.05) is 0 Å². The summed E-state index contributed by atoms with van der Waals surface area (Å²) in [6, 6.07) is 5.00. The van der Waals surface area contributed by atoms with Crippen LogP contribution in [0, 0.1) is 0 Å². The van der Waals surface area contributed by atoms with E-state index in [4.69, 9.17) is 17.3 Å². The number of hydrogen-bond donors (Lipinski definition) is 2. The SMILES string of the molecule is NC(=O)c1cnc(Cl)nc1NCCc1cccc(C(F)(F)F)c1. The summed E-state index contributed by atoms with van der Waals surface area (Å²) >= 11 is 5.65. The number of primary amides is 1. The summed E-state index contributed by atoms with van der Waals surface area (Å²) in [5.41, 5.74) is 5.03. The molecule has 0 bridgehead atoms. The fraction of sp³-hybridized carbons (Fsp3) is 0.214. The van der Waals surface area contributed by atoms with Crippen LogP contribution in [0.1, 0.15) is 21.5 Å². The average Bonchev–Trinajstić information content (AvgIpc) is 2.46. The molecule has 2 aromatic rings. The molecule has 0 saturated heterocycles. The van der Waals surface area contributed by atoms with Crippen molar-refractivity contribution in [2.45, 2.75) is 12.6 Å². The molecule has 9 heteroatoms. The van der Waals surface area contributed by atoms with Crippen molar-refractivity contribution < 1.29 is 18.0 Å². The van der Waals surface area contributed by atoms with E-state index in [-0.39, 0.29) is 23.2 Å². The zero-order valence-corrected chi connectivity index (χ0v) is 12.4. The molecule has 0 fully saturated rings. The van der Waals surface area contributed by atoms with Gasteiger partial charge in [-0.15, -0.1) is 0 Å². The van der Waals surface area contributed by atoms with E-state index in [2.05, 4.69) is 15.3 Å². The van der Waals surface area contributed by atoms with Crippen molar-refractivity contribution in [3.63, 3.8) is 0 Å². The fourth-order valence-corrected chi connectivity index (χ4v) is 2.04. The Kier molecular flexibility index (Phi) is 5.05. The fourth-order valence-electron chi connectivity index (χ4n) is 1.90. The first kappa shape index (κ1) is 17.0. The summed E-state index contributed by atoms with van der Waals surface area (Å²) in [6.07, 6.45) is -2.91. The second-order valence-corrected chi connectivity index (χ2v) is 4.98. The van der Waals surface area contributed by atoms with Crippen LogP contribution in [0.5, 0.6) is 0 Å².